The van der Waals surface area contributed by atoms with Crippen molar-refractivity contribution in [2.45, 2.75) is 0 Å². The lowest BCUT2D eigenvalue weighted by atomic mass is 10.2. The molecule has 0 radical (unpaired) electrons. The highest BCUT2D eigenvalue weighted by atomic mass is 16.7. The van der Waals surface area contributed by atoms with Gasteiger partial charge in [0.1, 0.15) is 11.4 Å². The van der Waals surface area contributed by atoms with Crippen molar-refractivity contribution in [3.05, 3.63) is 42.0 Å². The second-order valence-corrected chi connectivity index (χ2v) is 4.49. The van der Waals surface area contributed by atoms with Crippen LogP contribution in [-0.2, 0) is 9.53 Å². The Balaban J connectivity index is 1.92. The van der Waals surface area contributed by atoms with E-state index in [-0.39, 0.29) is 18.0 Å². The molecule has 0 atom stereocenters. The zero-order valence-corrected chi connectivity index (χ0v) is 12.1. The second kappa shape index (κ2) is 6.21. The van der Waals surface area contributed by atoms with Gasteiger partial charge in [0.05, 0.1) is 12.7 Å². The Hall–Kier alpha value is -3.31. The van der Waals surface area contributed by atoms with Gasteiger partial charge in [-0.25, -0.2) is 9.59 Å². The molecule has 0 saturated heterocycles. The van der Waals surface area contributed by atoms with Crippen molar-refractivity contribution in [1.29, 1.82) is 0 Å². The zero-order valence-electron chi connectivity index (χ0n) is 12.1. The van der Waals surface area contributed by atoms with E-state index in [0.29, 0.717) is 23.0 Å². The number of carbonyl (C=O) groups is 1. The van der Waals surface area contributed by atoms with Crippen LogP contribution in [0.5, 0.6) is 23.0 Å². The molecule has 2 aromatic rings. The third-order valence-electron chi connectivity index (χ3n) is 3.12. The van der Waals surface area contributed by atoms with E-state index in [0.717, 1.165) is 0 Å². The Kier molecular flexibility index (Phi) is 3.95. The number of rotatable bonds is 4. The van der Waals surface area contributed by atoms with Crippen LogP contribution in [0.2, 0.25) is 0 Å². The first kappa shape index (κ1) is 14.6. The summed E-state index contributed by atoms with van der Waals surface area (Å²) >= 11 is 0. The summed E-state index contributed by atoms with van der Waals surface area (Å²) in [6.07, 6.45) is 1.43. The largest absolute Gasteiger partial charge is 0.465 e. The van der Waals surface area contributed by atoms with Gasteiger partial charge in [-0.2, -0.15) is 4.99 Å². The predicted molar refractivity (Wildman–Crippen MR) is 78.2 cm³/mol. The van der Waals surface area contributed by atoms with E-state index in [4.69, 9.17) is 14.2 Å². The van der Waals surface area contributed by atoms with Gasteiger partial charge in [0.2, 0.25) is 12.9 Å². The fourth-order valence-electron chi connectivity index (χ4n) is 2.05. The monoisotopic (exact) mass is 313 g/mol. The summed E-state index contributed by atoms with van der Waals surface area (Å²) in [6.45, 7) is 0.160. The molecular weight excluding hydrogens is 302 g/mol. The summed E-state index contributed by atoms with van der Waals surface area (Å²) in [6, 6.07) is 9.48. The molecule has 1 aliphatic heterocycles. The minimum Gasteiger partial charge on any atom is -0.465 e. The number of esters is 1. The summed E-state index contributed by atoms with van der Waals surface area (Å²) in [5.74, 6) is 1.42. The Morgan fingerprint density at radius 1 is 1.17 bits per heavy atom. The maximum atomic E-state index is 11.5. The lowest BCUT2D eigenvalue weighted by molar-refractivity contribution is 0.0600. The summed E-state index contributed by atoms with van der Waals surface area (Å²) in [4.78, 5) is 25.7. The Labute approximate surface area is 131 Å². The van der Waals surface area contributed by atoms with Crippen molar-refractivity contribution in [2.75, 3.05) is 13.9 Å². The van der Waals surface area contributed by atoms with Crippen LogP contribution < -0.4 is 14.2 Å². The molecule has 7 nitrogen and oxygen atoms in total. The lowest BCUT2D eigenvalue weighted by Crippen LogP contribution is -2.00. The van der Waals surface area contributed by atoms with Crippen molar-refractivity contribution in [1.82, 2.24) is 0 Å². The number of aliphatic imine (C=N–C) groups is 1. The first-order chi connectivity index (χ1) is 11.2. The minimum absolute atomic E-state index is 0.160. The molecule has 0 aromatic heterocycles. The van der Waals surface area contributed by atoms with Crippen LogP contribution in [0.3, 0.4) is 0 Å². The number of carbonyl (C=O) groups excluding carboxylic acids is 2. The minimum atomic E-state index is -0.540. The van der Waals surface area contributed by atoms with Crippen LogP contribution >= 0.6 is 0 Å². The number of benzene rings is 2. The highest BCUT2D eigenvalue weighted by Gasteiger charge is 2.16. The van der Waals surface area contributed by atoms with Gasteiger partial charge in [-0.15, -0.1) is 0 Å². The van der Waals surface area contributed by atoms with E-state index in [1.54, 1.807) is 18.2 Å². The Bertz CT molecular complexity index is 810. The maximum Gasteiger partial charge on any atom is 0.337 e. The molecule has 0 fully saturated rings. The molecule has 116 valence electrons. The smallest absolute Gasteiger partial charge is 0.337 e. The first-order valence-corrected chi connectivity index (χ1v) is 6.59. The number of hydrogen-bond acceptors (Lipinski definition) is 7. The van der Waals surface area contributed by atoms with Crippen LogP contribution in [0.4, 0.5) is 5.69 Å². The molecule has 23 heavy (non-hydrogen) atoms. The van der Waals surface area contributed by atoms with E-state index in [2.05, 4.69) is 9.73 Å². The number of fused-ring (bicyclic) bond motifs is 1. The Morgan fingerprint density at radius 2 is 2.00 bits per heavy atom. The molecule has 0 bridgehead atoms. The normalized spacial score (nSPS) is 11.5. The van der Waals surface area contributed by atoms with Gasteiger partial charge in [0.15, 0.2) is 17.2 Å². The molecule has 0 aliphatic carbocycles. The molecule has 0 N–H and O–H groups in total. The number of ether oxygens (including phenoxy) is 4. The van der Waals surface area contributed by atoms with Gasteiger partial charge in [0, 0.05) is 6.07 Å². The molecule has 0 amide bonds. The molecule has 1 heterocycles. The standard InChI is InChI=1S/C16H11NO6/c1-20-16(19)10-2-4-13(12(6-10)17-8-18)23-11-3-5-14-15(7-11)22-9-21-14/h2-7H,9H2,1H3. The van der Waals surface area contributed by atoms with Crippen LogP contribution in [0.1, 0.15) is 10.4 Å². The van der Waals surface area contributed by atoms with Crippen LogP contribution in [0.25, 0.3) is 0 Å². The fourth-order valence-corrected chi connectivity index (χ4v) is 2.05. The quantitative estimate of drug-likeness (QED) is 0.490. The number of nitrogens with zero attached hydrogens (tertiary/aromatic N) is 1. The molecule has 3 rings (SSSR count). The van der Waals surface area contributed by atoms with Crippen LogP contribution in [0, 0.1) is 0 Å². The summed E-state index contributed by atoms with van der Waals surface area (Å²) in [5, 5.41) is 0. The molecule has 0 unspecified atom stereocenters. The third-order valence-corrected chi connectivity index (χ3v) is 3.12. The summed E-state index contributed by atoms with van der Waals surface area (Å²) in [7, 11) is 1.27. The molecular formula is C16H11NO6. The first-order valence-electron chi connectivity index (χ1n) is 6.59. The highest BCUT2D eigenvalue weighted by Crippen LogP contribution is 2.38. The average molecular weight is 313 g/mol. The molecule has 0 spiro atoms. The zero-order chi connectivity index (χ0) is 16.2. The van der Waals surface area contributed by atoms with E-state index < -0.39 is 5.97 Å². The summed E-state index contributed by atoms with van der Waals surface area (Å²) < 4.78 is 20.8. The van der Waals surface area contributed by atoms with Crippen LogP contribution in [-0.4, -0.2) is 26.0 Å². The van der Waals surface area contributed by atoms with Gasteiger partial charge in [-0.1, -0.05) is 0 Å². The van der Waals surface area contributed by atoms with Gasteiger partial charge in [0.25, 0.3) is 0 Å². The summed E-state index contributed by atoms with van der Waals surface area (Å²) in [5.41, 5.74) is 0.417. The number of methoxy groups -OCH3 is 1. The van der Waals surface area contributed by atoms with Gasteiger partial charge < -0.3 is 18.9 Å². The van der Waals surface area contributed by atoms with Crippen LogP contribution in [0.15, 0.2) is 41.4 Å². The van der Waals surface area contributed by atoms with E-state index in [1.165, 1.54) is 31.4 Å². The van der Waals surface area contributed by atoms with Gasteiger partial charge in [-0.3, -0.25) is 0 Å². The Morgan fingerprint density at radius 3 is 2.78 bits per heavy atom. The number of hydrogen-bond donors (Lipinski definition) is 0. The van der Waals surface area contributed by atoms with Crippen molar-refractivity contribution in [2.24, 2.45) is 4.99 Å². The SMILES string of the molecule is COC(=O)c1ccc(Oc2ccc3c(c2)OCO3)c(N=C=O)c1. The molecule has 2 aromatic carbocycles. The fraction of sp³-hybridized carbons (Fsp3) is 0.125. The van der Waals surface area contributed by atoms with Crippen molar-refractivity contribution in [3.8, 4) is 23.0 Å². The van der Waals surface area contributed by atoms with Gasteiger partial charge in [-0.05, 0) is 30.3 Å². The van der Waals surface area contributed by atoms with Crippen molar-refractivity contribution in [3.63, 3.8) is 0 Å². The predicted octanol–water partition coefficient (Wildman–Crippen LogP) is 2.96. The van der Waals surface area contributed by atoms with E-state index in [9.17, 15) is 9.59 Å². The van der Waals surface area contributed by atoms with E-state index in [1.807, 2.05) is 0 Å². The average Bonchev–Trinajstić information content (AvgIpc) is 3.03. The van der Waals surface area contributed by atoms with Gasteiger partial charge >= 0.3 is 5.97 Å². The van der Waals surface area contributed by atoms with Crippen molar-refractivity contribution < 1.29 is 28.5 Å². The molecule has 7 heteroatoms. The second-order valence-electron chi connectivity index (χ2n) is 4.49. The maximum absolute atomic E-state index is 11.5. The van der Waals surface area contributed by atoms with Crippen molar-refractivity contribution >= 4 is 17.7 Å². The highest BCUT2D eigenvalue weighted by molar-refractivity contribution is 5.91. The number of isocyanates is 1. The molecule has 1 aliphatic rings. The van der Waals surface area contributed by atoms with E-state index >= 15 is 0 Å². The lowest BCUT2D eigenvalue weighted by Gasteiger charge is -2.09. The molecule has 0 saturated carbocycles. The topological polar surface area (TPSA) is 83.4 Å². The third kappa shape index (κ3) is 3.00.